The zero-order valence-corrected chi connectivity index (χ0v) is 23.9. The Morgan fingerprint density at radius 3 is 2.43 bits per heavy atom. The summed E-state index contributed by atoms with van der Waals surface area (Å²) in [5.74, 6) is -1.40. The molecule has 0 saturated carbocycles. The molecule has 42 heavy (non-hydrogen) atoms. The molecule has 0 fully saturated rings. The number of benzene rings is 1. The molecule has 0 bridgehead atoms. The number of nitrogens with zero attached hydrogens (tertiary/aromatic N) is 4. The molecular formula is C26H28F4N4O7S. The van der Waals surface area contributed by atoms with Crippen LogP contribution in [-0.4, -0.2) is 72.2 Å². The predicted molar refractivity (Wildman–Crippen MR) is 140 cm³/mol. The molecule has 1 aliphatic heterocycles. The van der Waals surface area contributed by atoms with Crippen molar-refractivity contribution >= 4 is 16.2 Å². The third kappa shape index (κ3) is 7.10. The Bertz CT molecular complexity index is 1570. The molecule has 3 heterocycles. The van der Waals surface area contributed by atoms with Crippen molar-refractivity contribution < 1.29 is 49.2 Å². The summed E-state index contributed by atoms with van der Waals surface area (Å²) in [6.07, 6.45) is 0.552. The molecule has 4 rings (SSSR count). The van der Waals surface area contributed by atoms with Crippen molar-refractivity contribution in [3.63, 3.8) is 0 Å². The van der Waals surface area contributed by atoms with Crippen LogP contribution in [0.4, 0.5) is 22.4 Å². The molecule has 0 atom stereocenters. The summed E-state index contributed by atoms with van der Waals surface area (Å²) < 4.78 is 98.6. The van der Waals surface area contributed by atoms with E-state index in [0.717, 1.165) is 24.4 Å². The van der Waals surface area contributed by atoms with Crippen molar-refractivity contribution in [1.29, 1.82) is 0 Å². The average molecular weight is 617 g/mol. The Kier molecular flexibility index (Phi) is 8.68. The van der Waals surface area contributed by atoms with Crippen LogP contribution < -0.4 is 8.92 Å². The van der Waals surface area contributed by atoms with Gasteiger partial charge < -0.3 is 23.3 Å². The van der Waals surface area contributed by atoms with Gasteiger partial charge in [-0.1, -0.05) is 0 Å². The number of hydrogen-bond acceptors (Lipinski definition) is 9. The normalized spacial score (nSPS) is 14.0. The molecule has 1 aromatic carbocycles. The highest BCUT2D eigenvalue weighted by Gasteiger charge is 2.49. The second kappa shape index (κ2) is 11.8. The van der Waals surface area contributed by atoms with Crippen molar-refractivity contribution in [1.82, 2.24) is 19.7 Å². The van der Waals surface area contributed by atoms with Gasteiger partial charge in [0.25, 0.3) is 0 Å². The van der Waals surface area contributed by atoms with Crippen LogP contribution in [0.25, 0.3) is 22.4 Å². The zero-order chi connectivity index (χ0) is 30.9. The summed E-state index contributed by atoms with van der Waals surface area (Å²) in [7, 11) is -4.57. The number of ether oxygens (including phenoxy) is 3. The Morgan fingerprint density at radius 2 is 1.76 bits per heavy atom. The third-order valence-corrected chi connectivity index (χ3v) is 6.82. The third-order valence-electron chi connectivity index (χ3n) is 5.86. The molecule has 1 aliphatic rings. The van der Waals surface area contributed by atoms with Crippen LogP contribution in [-0.2, 0) is 32.7 Å². The number of fused-ring (bicyclic) bond motifs is 1. The molecule has 3 aromatic rings. The van der Waals surface area contributed by atoms with Gasteiger partial charge in [-0.05, 0) is 39.0 Å². The molecule has 16 heteroatoms. The molecule has 228 valence electrons. The molecular weight excluding hydrogens is 588 g/mol. The van der Waals surface area contributed by atoms with Gasteiger partial charge in [0.05, 0.1) is 31.1 Å². The summed E-state index contributed by atoms with van der Waals surface area (Å²) in [6.45, 7) is 6.14. The maximum atomic E-state index is 14.1. The van der Waals surface area contributed by atoms with Crippen LogP contribution >= 0.6 is 0 Å². The van der Waals surface area contributed by atoms with Gasteiger partial charge in [-0.2, -0.15) is 26.7 Å². The lowest BCUT2D eigenvalue weighted by Crippen LogP contribution is -2.41. The fourth-order valence-electron chi connectivity index (χ4n) is 4.02. The minimum Gasteiger partial charge on any atom is -0.490 e. The van der Waals surface area contributed by atoms with E-state index in [1.165, 1.54) is 18.1 Å². The quantitative estimate of drug-likeness (QED) is 0.153. The lowest BCUT2D eigenvalue weighted by atomic mass is 9.98. The summed E-state index contributed by atoms with van der Waals surface area (Å²) in [5, 5.41) is 4.53. The number of rotatable bonds is 8. The molecule has 0 aliphatic carbocycles. The molecule has 0 radical (unpaired) electrons. The van der Waals surface area contributed by atoms with Gasteiger partial charge in [0.15, 0.2) is 0 Å². The summed E-state index contributed by atoms with van der Waals surface area (Å²) in [5.41, 5.74) is -4.98. The van der Waals surface area contributed by atoms with Crippen LogP contribution in [0.2, 0.25) is 0 Å². The topological polar surface area (TPSA) is 122 Å². The summed E-state index contributed by atoms with van der Waals surface area (Å²) in [4.78, 5) is 17.9. The number of pyridine rings is 1. The number of carbonyl (C=O) groups excluding carboxylic acids is 1. The molecule has 1 amide bonds. The lowest BCUT2D eigenvalue weighted by Gasteiger charge is -2.30. The Balaban J connectivity index is 1.79. The second-order valence-corrected chi connectivity index (χ2v) is 11.7. The Morgan fingerprint density at radius 1 is 1.02 bits per heavy atom. The first-order valence-electron chi connectivity index (χ1n) is 12.6. The van der Waals surface area contributed by atoms with Crippen LogP contribution in [0.15, 0.2) is 36.5 Å². The zero-order valence-electron chi connectivity index (χ0n) is 23.1. The lowest BCUT2D eigenvalue weighted by molar-refractivity contribution is -0.0501. The molecule has 11 nitrogen and oxygen atoms in total. The number of methoxy groups -OCH3 is 1. The minimum absolute atomic E-state index is 0.0556. The first-order valence-corrected chi connectivity index (χ1v) is 14.0. The SMILES string of the molecule is COCCOc1cc(F)ccc1-c1cnc(OS(=O)(=O)C(F)(F)F)cc1-c1cc2n(n1)CCN(C(=O)OC(C)(C)C)C2. The molecule has 2 aromatic heterocycles. The molecule has 0 spiro atoms. The number of carbonyl (C=O) groups is 1. The van der Waals surface area contributed by atoms with Gasteiger partial charge in [-0.3, -0.25) is 4.68 Å². The van der Waals surface area contributed by atoms with E-state index in [2.05, 4.69) is 14.3 Å². The smallest absolute Gasteiger partial charge is 0.490 e. The Labute approximate surface area is 239 Å². The van der Waals surface area contributed by atoms with Crippen molar-refractivity contribution in [2.75, 3.05) is 26.9 Å². The van der Waals surface area contributed by atoms with Crippen LogP contribution in [0, 0.1) is 5.82 Å². The van der Waals surface area contributed by atoms with E-state index < -0.39 is 39.0 Å². The fourth-order valence-corrected chi connectivity index (χ4v) is 4.43. The van der Waals surface area contributed by atoms with Gasteiger partial charge in [0, 0.05) is 48.7 Å². The van der Waals surface area contributed by atoms with E-state index in [1.54, 1.807) is 31.5 Å². The monoisotopic (exact) mass is 616 g/mol. The summed E-state index contributed by atoms with van der Waals surface area (Å²) in [6, 6.07) is 6.22. The van der Waals surface area contributed by atoms with Crippen molar-refractivity contribution in [2.45, 2.75) is 45.0 Å². The number of halogens is 4. The van der Waals surface area contributed by atoms with Gasteiger partial charge >= 0.3 is 21.7 Å². The van der Waals surface area contributed by atoms with Gasteiger partial charge in [0.1, 0.15) is 23.8 Å². The first kappa shape index (κ1) is 31.0. The van der Waals surface area contributed by atoms with Crippen LogP contribution in [0.1, 0.15) is 26.5 Å². The van der Waals surface area contributed by atoms with E-state index in [1.807, 2.05) is 0 Å². The number of alkyl halides is 3. The van der Waals surface area contributed by atoms with Gasteiger partial charge in [0.2, 0.25) is 5.88 Å². The molecule has 0 saturated heterocycles. The van der Waals surface area contributed by atoms with E-state index in [9.17, 15) is 30.8 Å². The minimum atomic E-state index is -6.02. The standard InChI is InChI=1S/C26H28F4N4O7S/c1-25(2,3)40-24(35)33-7-8-34-17(15-33)12-21(32-34)19-13-23(41-42(36,37)26(28,29)30)31-14-20(19)18-6-5-16(27)11-22(18)39-10-9-38-4/h5-6,11-14H,7-10,15H2,1-4H3. The second-order valence-electron chi connectivity index (χ2n) is 10.2. The van der Waals surface area contributed by atoms with E-state index in [0.29, 0.717) is 11.3 Å². The predicted octanol–water partition coefficient (Wildman–Crippen LogP) is 4.76. The van der Waals surface area contributed by atoms with E-state index in [4.69, 9.17) is 14.2 Å². The highest BCUT2D eigenvalue weighted by molar-refractivity contribution is 7.87. The summed E-state index contributed by atoms with van der Waals surface area (Å²) >= 11 is 0. The van der Waals surface area contributed by atoms with Crippen molar-refractivity contribution in [3.05, 3.63) is 48.0 Å². The van der Waals surface area contributed by atoms with Crippen LogP contribution in [0.5, 0.6) is 11.6 Å². The van der Waals surface area contributed by atoms with Gasteiger partial charge in [-0.15, -0.1) is 0 Å². The first-order chi connectivity index (χ1) is 19.6. The van der Waals surface area contributed by atoms with Gasteiger partial charge in [-0.25, -0.2) is 14.2 Å². The molecule has 0 unspecified atom stereocenters. The Hall–Kier alpha value is -3.92. The maximum absolute atomic E-state index is 14.1. The van der Waals surface area contributed by atoms with Crippen molar-refractivity contribution in [3.8, 4) is 34.0 Å². The largest absolute Gasteiger partial charge is 0.534 e. The van der Waals surface area contributed by atoms with E-state index in [-0.39, 0.29) is 55.4 Å². The average Bonchev–Trinajstić information content (AvgIpc) is 3.31. The fraction of sp³-hybridized carbons (Fsp3) is 0.423. The van der Waals surface area contributed by atoms with Crippen LogP contribution in [0.3, 0.4) is 0 Å². The maximum Gasteiger partial charge on any atom is 0.534 e. The number of amides is 1. The highest BCUT2D eigenvalue weighted by Crippen LogP contribution is 2.39. The molecule has 0 N–H and O–H groups in total. The van der Waals surface area contributed by atoms with E-state index >= 15 is 0 Å². The number of hydrogen-bond donors (Lipinski definition) is 0. The highest BCUT2D eigenvalue weighted by atomic mass is 32.2. The van der Waals surface area contributed by atoms with Crippen molar-refractivity contribution in [2.24, 2.45) is 0 Å². The number of aromatic nitrogens is 3.